The van der Waals surface area contributed by atoms with Gasteiger partial charge < -0.3 is 16.4 Å². The van der Waals surface area contributed by atoms with Gasteiger partial charge in [-0.15, -0.1) is 0 Å². The molecule has 1 saturated carbocycles. The average Bonchev–Trinajstić information content (AvgIpc) is 3.11. The van der Waals surface area contributed by atoms with E-state index in [1.165, 1.54) is 12.8 Å². The molecular formula is C13H16N4O. The summed E-state index contributed by atoms with van der Waals surface area (Å²) in [6.07, 6.45) is 2.39. The molecule has 18 heavy (non-hydrogen) atoms. The first-order valence-electron chi connectivity index (χ1n) is 5.93. The number of benzene rings is 1. The first-order valence-corrected chi connectivity index (χ1v) is 5.93. The molecule has 1 fully saturated rings. The molecule has 0 saturated heterocycles. The molecule has 4 N–H and O–H groups in total. The number of hydrogen-bond donors (Lipinski definition) is 2. The topological polar surface area (TPSA) is 96.1 Å². The highest BCUT2D eigenvalue weighted by atomic mass is 16.1. The Balaban J connectivity index is 2.20. The SMILES string of the molecule is N#Cc1ccc(N(CC(N)=O)CC2CC2)cc1N. The molecule has 1 amide bonds. The van der Waals surface area contributed by atoms with E-state index in [1.54, 1.807) is 18.2 Å². The minimum absolute atomic E-state index is 0.182. The molecule has 94 valence electrons. The van der Waals surface area contributed by atoms with Gasteiger partial charge in [-0.3, -0.25) is 4.79 Å². The molecule has 2 rings (SSSR count). The Morgan fingerprint density at radius 2 is 2.22 bits per heavy atom. The Morgan fingerprint density at radius 1 is 1.50 bits per heavy atom. The summed E-state index contributed by atoms with van der Waals surface area (Å²) in [5, 5.41) is 8.83. The molecule has 1 aromatic rings. The first-order chi connectivity index (χ1) is 8.60. The van der Waals surface area contributed by atoms with Gasteiger partial charge in [0.2, 0.25) is 5.91 Å². The maximum absolute atomic E-state index is 11.1. The van der Waals surface area contributed by atoms with Gasteiger partial charge in [0.1, 0.15) is 6.07 Å². The quantitative estimate of drug-likeness (QED) is 0.750. The highest BCUT2D eigenvalue weighted by Crippen LogP contribution is 2.32. The zero-order valence-electron chi connectivity index (χ0n) is 10.1. The van der Waals surface area contributed by atoms with Gasteiger partial charge in [0.05, 0.1) is 17.8 Å². The van der Waals surface area contributed by atoms with E-state index < -0.39 is 0 Å². The summed E-state index contributed by atoms with van der Waals surface area (Å²) in [4.78, 5) is 13.0. The summed E-state index contributed by atoms with van der Waals surface area (Å²) in [5.74, 6) is 0.278. The number of nitriles is 1. The Bertz CT molecular complexity index is 502. The van der Waals surface area contributed by atoms with E-state index in [4.69, 9.17) is 16.7 Å². The van der Waals surface area contributed by atoms with Gasteiger partial charge >= 0.3 is 0 Å². The number of anilines is 2. The van der Waals surface area contributed by atoms with Crippen LogP contribution in [0.3, 0.4) is 0 Å². The molecule has 0 aromatic heterocycles. The molecule has 5 heteroatoms. The van der Waals surface area contributed by atoms with E-state index in [0.717, 1.165) is 12.2 Å². The fourth-order valence-electron chi connectivity index (χ4n) is 1.91. The molecule has 1 aromatic carbocycles. The Morgan fingerprint density at radius 3 is 2.72 bits per heavy atom. The Labute approximate surface area is 106 Å². The van der Waals surface area contributed by atoms with Crippen molar-refractivity contribution in [1.82, 2.24) is 0 Å². The van der Waals surface area contributed by atoms with Gasteiger partial charge in [0.25, 0.3) is 0 Å². The normalized spacial score (nSPS) is 13.9. The van der Waals surface area contributed by atoms with E-state index in [-0.39, 0.29) is 12.5 Å². The molecule has 0 spiro atoms. The second-order valence-corrected chi connectivity index (χ2v) is 4.67. The lowest BCUT2D eigenvalue weighted by atomic mass is 10.1. The molecule has 1 aliphatic rings. The van der Waals surface area contributed by atoms with Gasteiger partial charge in [-0.25, -0.2) is 0 Å². The fraction of sp³-hybridized carbons (Fsp3) is 0.385. The zero-order chi connectivity index (χ0) is 13.1. The third kappa shape index (κ3) is 2.92. The van der Waals surface area contributed by atoms with Crippen LogP contribution in [0.5, 0.6) is 0 Å². The summed E-state index contributed by atoms with van der Waals surface area (Å²) >= 11 is 0. The van der Waals surface area contributed by atoms with Gasteiger partial charge in [0, 0.05) is 12.2 Å². The van der Waals surface area contributed by atoms with E-state index >= 15 is 0 Å². The number of nitrogens with zero attached hydrogens (tertiary/aromatic N) is 2. The third-order valence-corrected chi connectivity index (χ3v) is 3.04. The molecular weight excluding hydrogens is 228 g/mol. The van der Waals surface area contributed by atoms with E-state index in [2.05, 4.69) is 0 Å². The number of primary amides is 1. The predicted molar refractivity (Wildman–Crippen MR) is 69.7 cm³/mol. The van der Waals surface area contributed by atoms with Crippen molar-refractivity contribution >= 4 is 17.3 Å². The van der Waals surface area contributed by atoms with Crippen molar-refractivity contribution in [1.29, 1.82) is 5.26 Å². The number of amides is 1. The fourth-order valence-corrected chi connectivity index (χ4v) is 1.91. The van der Waals surface area contributed by atoms with Crippen LogP contribution < -0.4 is 16.4 Å². The smallest absolute Gasteiger partial charge is 0.236 e. The Kier molecular flexibility index (Phi) is 3.38. The number of carbonyl (C=O) groups excluding carboxylic acids is 1. The minimum Gasteiger partial charge on any atom is -0.398 e. The summed E-state index contributed by atoms with van der Waals surface area (Å²) in [7, 11) is 0. The van der Waals surface area contributed by atoms with Crippen molar-refractivity contribution in [3.8, 4) is 6.07 Å². The maximum Gasteiger partial charge on any atom is 0.236 e. The van der Waals surface area contributed by atoms with Crippen LogP contribution in [0.4, 0.5) is 11.4 Å². The van der Waals surface area contributed by atoms with Crippen LogP contribution >= 0.6 is 0 Å². The molecule has 0 unspecified atom stereocenters. The monoisotopic (exact) mass is 244 g/mol. The molecule has 0 heterocycles. The summed E-state index contributed by atoms with van der Waals surface area (Å²) in [5.41, 5.74) is 12.8. The van der Waals surface area contributed by atoms with Crippen LogP contribution in [0, 0.1) is 17.2 Å². The van der Waals surface area contributed by atoms with Gasteiger partial charge in [-0.2, -0.15) is 5.26 Å². The Hall–Kier alpha value is -2.22. The standard InChI is InChI=1S/C13H16N4O/c14-6-10-3-4-11(5-12(10)15)17(8-13(16)18)7-9-1-2-9/h3-5,9H,1-2,7-8,15H2,(H2,16,18). The second kappa shape index (κ2) is 4.96. The number of carbonyl (C=O) groups is 1. The van der Waals surface area contributed by atoms with Crippen molar-refractivity contribution in [3.05, 3.63) is 23.8 Å². The molecule has 0 aliphatic heterocycles. The van der Waals surface area contributed by atoms with Crippen molar-refractivity contribution in [2.45, 2.75) is 12.8 Å². The van der Waals surface area contributed by atoms with Gasteiger partial charge in [-0.1, -0.05) is 0 Å². The third-order valence-electron chi connectivity index (χ3n) is 3.04. The summed E-state index contributed by atoms with van der Waals surface area (Å²) < 4.78 is 0. The van der Waals surface area contributed by atoms with Crippen molar-refractivity contribution < 1.29 is 4.79 Å². The average molecular weight is 244 g/mol. The van der Waals surface area contributed by atoms with Gasteiger partial charge in [-0.05, 0) is 37.0 Å². The first kappa shape index (κ1) is 12.2. The van der Waals surface area contributed by atoms with Crippen LogP contribution in [-0.2, 0) is 4.79 Å². The number of hydrogen-bond acceptors (Lipinski definition) is 4. The van der Waals surface area contributed by atoms with Crippen molar-refractivity contribution in [3.63, 3.8) is 0 Å². The summed E-state index contributed by atoms with van der Waals surface area (Å²) in [6, 6.07) is 7.22. The minimum atomic E-state index is -0.362. The molecule has 0 bridgehead atoms. The maximum atomic E-state index is 11.1. The van der Waals surface area contributed by atoms with E-state index in [1.807, 2.05) is 11.0 Å². The lowest BCUT2D eigenvalue weighted by Gasteiger charge is -2.23. The largest absolute Gasteiger partial charge is 0.398 e. The second-order valence-electron chi connectivity index (χ2n) is 4.67. The highest BCUT2D eigenvalue weighted by molar-refractivity contribution is 5.80. The van der Waals surface area contributed by atoms with E-state index in [9.17, 15) is 4.79 Å². The zero-order valence-corrected chi connectivity index (χ0v) is 10.1. The van der Waals surface area contributed by atoms with Crippen LogP contribution in [0.25, 0.3) is 0 Å². The lowest BCUT2D eigenvalue weighted by molar-refractivity contribution is -0.116. The predicted octanol–water partition coefficient (Wildman–Crippen LogP) is 0.842. The van der Waals surface area contributed by atoms with E-state index in [0.29, 0.717) is 17.2 Å². The molecule has 1 aliphatic carbocycles. The molecule has 0 atom stereocenters. The van der Waals surface area contributed by atoms with Crippen LogP contribution in [0.15, 0.2) is 18.2 Å². The number of rotatable bonds is 5. The number of nitrogen functional groups attached to an aromatic ring is 1. The van der Waals surface area contributed by atoms with Crippen LogP contribution in [0.2, 0.25) is 0 Å². The molecule has 5 nitrogen and oxygen atoms in total. The van der Waals surface area contributed by atoms with Crippen molar-refractivity contribution in [2.75, 3.05) is 23.7 Å². The molecule has 0 radical (unpaired) electrons. The highest BCUT2D eigenvalue weighted by Gasteiger charge is 2.25. The van der Waals surface area contributed by atoms with Gasteiger partial charge in [0.15, 0.2) is 0 Å². The lowest BCUT2D eigenvalue weighted by Crippen LogP contribution is -2.35. The van der Waals surface area contributed by atoms with Crippen LogP contribution in [-0.4, -0.2) is 19.0 Å². The number of nitrogens with two attached hydrogens (primary N) is 2. The summed E-state index contributed by atoms with van der Waals surface area (Å²) in [6.45, 7) is 0.996. The van der Waals surface area contributed by atoms with Crippen LogP contribution in [0.1, 0.15) is 18.4 Å². The van der Waals surface area contributed by atoms with Crippen molar-refractivity contribution in [2.24, 2.45) is 11.7 Å².